The van der Waals surface area contributed by atoms with E-state index < -0.39 is 123 Å². The molecule has 3 aromatic rings. The predicted molar refractivity (Wildman–Crippen MR) is 358 cm³/mol. The summed E-state index contributed by atoms with van der Waals surface area (Å²) in [6.45, 7) is 18.9. The number of Topliss-reactive ketones (excluding diaryl/α,β-unsaturated/α-hetero) is 1. The molecule has 3 saturated heterocycles. The van der Waals surface area contributed by atoms with Crippen molar-refractivity contribution in [1.82, 2.24) is 15.4 Å². The van der Waals surface area contributed by atoms with Crippen LogP contribution in [0.1, 0.15) is 179 Å². The van der Waals surface area contributed by atoms with Gasteiger partial charge in [0.25, 0.3) is 5.91 Å². The third-order valence-corrected chi connectivity index (χ3v) is 26.3. The number of carbonyl (C=O) groups excluding carboxylic acids is 6. The highest BCUT2D eigenvalue weighted by molar-refractivity contribution is 7.88. The van der Waals surface area contributed by atoms with Gasteiger partial charge in [0, 0.05) is 55.7 Å². The zero-order chi connectivity index (χ0) is 69.7. The summed E-state index contributed by atoms with van der Waals surface area (Å²) < 4.78 is 64.0. The van der Waals surface area contributed by atoms with E-state index in [2.05, 4.69) is 43.1 Å². The average molecular weight is 1360 g/mol. The van der Waals surface area contributed by atoms with E-state index in [9.17, 15) is 47.7 Å². The normalized spacial score (nSPS) is 39.1. The summed E-state index contributed by atoms with van der Waals surface area (Å²) in [6, 6.07) is 23.6. The van der Waals surface area contributed by atoms with Crippen LogP contribution >= 0.6 is 0 Å². The molecule has 13 rings (SSSR count). The number of allylic oxidation sites excluding steroid dienone is 1. The number of hydrogen-bond donors (Lipinski definition) is 6. The number of piperidine rings is 1. The van der Waals surface area contributed by atoms with E-state index in [1.165, 1.54) is 77.2 Å². The molecule has 6 N–H and O–H groups in total. The maximum absolute atomic E-state index is 15.5. The monoisotopic (exact) mass is 1360 g/mol. The maximum Gasteiger partial charge on any atom is 0.338 e. The number of carbonyl (C=O) groups is 6. The van der Waals surface area contributed by atoms with Crippen LogP contribution in [0, 0.1) is 57.7 Å². The Morgan fingerprint density at radius 1 is 0.804 bits per heavy atom. The van der Waals surface area contributed by atoms with Gasteiger partial charge in [-0.25, -0.2) is 22.7 Å². The Balaban J connectivity index is 0.000000215. The van der Waals surface area contributed by atoms with Gasteiger partial charge in [-0.05, 0) is 168 Å². The Labute approximate surface area is 570 Å². The van der Waals surface area contributed by atoms with Crippen LogP contribution in [0.15, 0.2) is 113 Å². The zero-order valence-corrected chi connectivity index (χ0v) is 58.7. The highest BCUT2D eigenvalue weighted by atomic mass is 32.2. The maximum atomic E-state index is 15.5. The van der Waals surface area contributed by atoms with E-state index >= 15 is 4.79 Å². The minimum absolute atomic E-state index is 0.00289. The van der Waals surface area contributed by atoms with Crippen molar-refractivity contribution in [2.45, 2.75) is 224 Å². The van der Waals surface area contributed by atoms with Crippen LogP contribution in [0.25, 0.3) is 0 Å². The fourth-order valence-corrected chi connectivity index (χ4v) is 21.2. The molecular formula is C76H99N3O17S. The second-order valence-electron chi connectivity index (χ2n) is 31.4. The number of sulfonamides is 1. The van der Waals surface area contributed by atoms with E-state index in [4.69, 9.17) is 28.4 Å². The smallest absolute Gasteiger partial charge is 0.338 e. The molecular weight excluding hydrogens is 1260 g/mol. The van der Waals surface area contributed by atoms with Gasteiger partial charge in [-0.2, -0.15) is 0 Å². The highest BCUT2D eigenvalue weighted by Gasteiger charge is 2.78. The fourth-order valence-electron chi connectivity index (χ4n) is 20.4. The Kier molecular flexibility index (Phi) is 19.2. The quantitative estimate of drug-likeness (QED) is 0.0561. The molecule has 1 spiro atoms. The number of ketones is 1. The Hall–Kier alpha value is -6.17. The fraction of sp³-hybridized carbons (Fsp3) is 0.632. The van der Waals surface area contributed by atoms with Gasteiger partial charge in [-0.3, -0.25) is 19.2 Å². The lowest BCUT2D eigenvalue weighted by Crippen LogP contribution is -2.82. The molecule has 20 nitrogen and oxygen atoms in total. The van der Waals surface area contributed by atoms with E-state index in [-0.39, 0.29) is 46.9 Å². The third-order valence-electron chi connectivity index (χ3n) is 25.5. The van der Waals surface area contributed by atoms with Crippen molar-refractivity contribution < 1.29 is 80.9 Å². The molecule has 3 aromatic carbocycles. The minimum Gasteiger partial charge on any atom is -0.456 e. The molecule has 10 aliphatic rings. The first-order valence-corrected chi connectivity index (χ1v) is 36.9. The summed E-state index contributed by atoms with van der Waals surface area (Å²) in [6.07, 6.45) is 3.11. The van der Waals surface area contributed by atoms with Crippen LogP contribution < -0.4 is 15.4 Å². The van der Waals surface area contributed by atoms with Gasteiger partial charge < -0.3 is 54.4 Å². The van der Waals surface area contributed by atoms with Crippen LogP contribution in [0.5, 0.6) is 0 Å². The highest BCUT2D eigenvalue weighted by Crippen LogP contribution is 2.67. The lowest BCUT2D eigenvalue weighted by Gasteiger charge is -2.67. The summed E-state index contributed by atoms with van der Waals surface area (Å²) >= 11 is 0. The zero-order valence-electron chi connectivity index (χ0n) is 57.8. The van der Waals surface area contributed by atoms with Crippen LogP contribution in [0.3, 0.4) is 0 Å². The molecule has 21 heteroatoms. The number of esters is 4. The van der Waals surface area contributed by atoms with E-state index in [0.717, 1.165) is 57.4 Å². The number of nitrogens with one attached hydrogen (secondary N) is 3. The summed E-state index contributed by atoms with van der Waals surface area (Å²) in [5, 5.41) is 44.1. The van der Waals surface area contributed by atoms with Gasteiger partial charge in [0.05, 0.1) is 53.6 Å². The molecule has 2 bridgehead atoms. The first-order valence-electron chi connectivity index (χ1n) is 35.0. The number of benzene rings is 3. The van der Waals surface area contributed by atoms with Crippen LogP contribution in [0.2, 0.25) is 0 Å². The van der Waals surface area contributed by atoms with Crippen molar-refractivity contribution in [2.75, 3.05) is 19.4 Å². The number of ether oxygens (including phenoxy) is 6. The standard InChI is InChI=1S/C47H51NO14.C29H48N2O3S/c1-25-31(60-43(56)36(52)35(28-16-10-7-11-17-28)48-41(54)29-18-12-8-13-19-29)23-47(57)40(61-42(55)30-20-14-9-15-21-30)38-45(6,32(51)22-33-46(38,24-58-33)62-27(3)50)39(53)37(59-26(2)49)34(25)44(47,4)5;1-17-12-26-27(30-16-17)19(3)29(34-26)11-9-22-23-7-6-20-13-21(31-35(5,32)33)8-10-28(20,4)25(23)14-24(22)18(2)15-29/h7-21,31-33,35-38,40,51-52,57H,22-24H2,1-6H3,(H,48,54);17,19-23,25-27,30-31H,6-16H2,1-5H3/t31-,32-,33+,35-,36+,37+,38-,40-,45+,46-,47+;17-,19+,20?,21+,22-,23-,25-,26+,27-,28-,29-/m00/s1. The van der Waals surface area contributed by atoms with Gasteiger partial charge in [-0.15, -0.1) is 0 Å². The van der Waals surface area contributed by atoms with Crippen molar-refractivity contribution >= 4 is 45.6 Å². The lowest BCUT2D eigenvalue weighted by atomic mass is 9.44. The Bertz CT molecular complexity index is 3720. The number of hydrogen-bond acceptors (Lipinski definition) is 18. The average Bonchev–Trinajstić information content (AvgIpc) is 1.32. The summed E-state index contributed by atoms with van der Waals surface area (Å²) in [7, 11) is -3.13. The first kappa shape index (κ1) is 70.7. The number of aliphatic hydroxyl groups is 3. The lowest BCUT2D eigenvalue weighted by molar-refractivity contribution is -0.346. The summed E-state index contributed by atoms with van der Waals surface area (Å²) in [5.74, 6) is -2.57. The molecule has 0 radical (unpaired) electrons. The van der Waals surface area contributed by atoms with Crippen molar-refractivity contribution in [3.8, 4) is 0 Å². The molecule has 5 saturated carbocycles. The van der Waals surface area contributed by atoms with Crippen molar-refractivity contribution in [1.29, 1.82) is 0 Å². The molecule has 0 aromatic heterocycles. The number of rotatable bonds is 12. The number of fused-ring (bicyclic) bond motifs is 11. The van der Waals surface area contributed by atoms with Gasteiger partial charge in [0.2, 0.25) is 10.0 Å². The SMILES string of the molecule is CC(=O)O[C@H]1C(=O)[C@@]2(C)[C@H]([C@H](OC(=O)c3ccccc3)[C@]3(O)C[C@H](OC(=O)[C@H](O)[C@@H](NC(=O)c4ccccc4)c4ccccc4)C(C)=C1C3(C)C)[C@]1(OC(C)=O)CO[C@@H]1C[C@@H]2O.CC1=C2C[C@H]3[C@@H](CCC4C[C@H](NS(C)(=O)=O)CC[C@@]43C)[C@@H]2CC[C@@]2(C1)O[C@@H]1C[C@H](C)CN[C@H]1[C@H]2C. The second-order valence-corrected chi connectivity index (χ2v) is 33.2. The molecule has 8 fully saturated rings. The Morgan fingerprint density at radius 3 is 2.09 bits per heavy atom. The van der Waals surface area contributed by atoms with Crippen molar-refractivity contribution in [2.24, 2.45) is 57.7 Å². The topological polar surface area (TPSA) is 289 Å². The van der Waals surface area contributed by atoms with Crippen molar-refractivity contribution in [3.63, 3.8) is 0 Å². The Morgan fingerprint density at radius 2 is 1.46 bits per heavy atom. The van der Waals surface area contributed by atoms with E-state index in [1.54, 1.807) is 104 Å². The first-order chi connectivity index (χ1) is 45.8. The largest absolute Gasteiger partial charge is 0.456 e. The van der Waals surface area contributed by atoms with Gasteiger partial charge in [-0.1, -0.05) is 112 Å². The number of amides is 1. The molecule has 22 atom stereocenters. The molecule has 97 heavy (non-hydrogen) atoms. The van der Waals surface area contributed by atoms with Gasteiger partial charge in [0.1, 0.15) is 23.9 Å². The summed E-state index contributed by atoms with van der Waals surface area (Å²) in [5.41, 5.74) is -3.19. The van der Waals surface area contributed by atoms with E-state index in [0.29, 0.717) is 40.9 Å². The summed E-state index contributed by atoms with van der Waals surface area (Å²) in [4.78, 5) is 83.5. The van der Waals surface area contributed by atoms with Crippen LogP contribution in [-0.4, -0.2) is 150 Å². The van der Waals surface area contributed by atoms with Gasteiger partial charge in [0.15, 0.2) is 23.6 Å². The minimum atomic E-state index is -3.13. The third kappa shape index (κ3) is 12.5. The number of aliphatic hydroxyl groups excluding tert-OH is 2. The predicted octanol–water partition coefficient (Wildman–Crippen LogP) is 8.76. The van der Waals surface area contributed by atoms with Crippen LogP contribution in [-0.2, 0) is 57.6 Å². The van der Waals surface area contributed by atoms with Gasteiger partial charge >= 0.3 is 23.9 Å². The molecule has 1 unspecified atom stereocenters. The second kappa shape index (κ2) is 26.4. The van der Waals surface area contributed by atoms with Crippen LogP contribution in [0.4, 0.5) is 0 Å². The molecule has 3 aliphatic heterocycles. The molecule has 1 amide bonds. The van der Waals surface area contributed by atoms with Crippen molar-refractivity contribution in [3.05, 3.63) is 130 Å². The van der Waals surface area contributed by atoms with E-state index in [1.807, 2.05) is 0 Å². The molecule has 526 valence electrons. The molecule has 3 heterocycles. The molecule has 7 aliphatic carbocycles.